The van der Waals surface area contributed by atoms with Gasteiger partial charge in [-0.1, -0.05) is 29.8 Å². The fraction of sp³-hybridized carbons (Fsp3) is 0.0909. The zero-order valence-corrected chi connectivity index (χ0v) is 8.84. The van der Waals surface area contributed by atoms with E-state index < -0.39 is 0 Å². The van der Waals surface area contributed by atoms with Crippen LogP contribution in [0.3, 0.4) is 0 Å². The molecule has 0 bridgehead atoms. The van der Waals surface area contributed by atoms with Crippen LogP contribution in [-0.4, -0.2) is 15.2 Å². The molecule has 74 valence electrons. The number of halogens is 1. The maximum Gasteiger partial charge on any atom is 0.161 e. The van der Waals surface area contributed by atoms with E-state index in [1.165, 1.54) is 0 Å². The first kappa shape index (κ1) is 8.68. The van der Waals surface area contributed by atoms with E-state index in [0.29, 0.717) is 5.15 Å². The SMILES string of the molecule is Cc1nnc(Cl)c2c1[nH]c1ccccc12. The Morgan fingerprint density at radius 2 is 2.00 bits per heavy atom. The molecule has 3 nitrogen and oxygen atoms in total. The van der Waals surface area contributed by atoms with Gasteiger partial charge in [0.1, 0.15) is 0 Å². The maximum atomic E-state index is 6.06. The van der Waals surface area contributed by atoms with Crippen LogP contribution in [0.5, 0.6) is 0 Å². The van der Waals surface area contributed by atoms with Gasteiger partial charge in [0.2, 0.25) is 0 Å². The molecule has 1 aromatic carbocycles. The number of hydrogen-bond donors (Lipinski definition) is 1. The molecule has 0 aliphatic heterocycles. The summed E-state index contributed by atoms with van der Waals surface area (Å²) < 4.78 is 0. The third-order valence-corrected chi connectivity index (χ3v) is 2.83. The van der Waals surface area contributed by atoms with Crippen molar-refractivity contribution in [3.05, 3.63) is 35.1 Å². The fourth-order valence-corrected chi connectivity index (χ4v) is 2.08. The number of aromatic nitrogens is 3. The number of aryl methyl sites for hydroxylation is 1. The van der Waals surface area contributed by atoms with Crippen molar-refractivity contribution in [1.82, 2.24) is 15.2 Å². The second-order valence-corrected chi connectivity index (χ2v) is 3.85. The fourth-order valence-electron chi connectivity index (χ4n) is 1.85. The molecule has 0 aliphatic carbocycles. The number of rotatable bonds is 0. The van der Waals surface area contributed by atoms with E-state index in [4.69, 9.17) is 11.6 Å². The summed E-state index contributed by atoms with van der Waals surface area (Å²) in [7, 11) is 0. The molecule has 3 rings (SSSR count). The van der Waals surface area contributed by atoms with Gasteiger partial charge in [-0.25, -0.2) is 0 Å². The highest BCUT2D eigenvalue weighted by Gasteiger charge is 2.10. The Labute approximate surface area is 91.1 Å². The van der Waals surface area contributed by atoms with Crippen molar-refractivity contribution in [3.8, 4) is 0 Å². The molecular weight excluding hydrogens is 210 g/mol. The topological polar surface area (TPSA) is 41.6 Å². The van der Waals surface area contributed by atoms with Crippen LogP contribution >= 0.6 is 11.6 Å². The van der Waals surface area contributed by atoms with E-state index >= 15 is 0 Å². The third kappa shape index (κ3) is 1.13. The summed E-state index contributed by atoms with van der Waals surface area (Å²) in [6.45, 7) is 1.92. The van der Waals surface area contributed by atoms with Crippen molar-refractivity contribution in [2.24, 2.45) is 0 Å². The van der Waals surface area contributed by atoms with Crippen molar-refractivity contribution < 1.29 is 0 Å². The molecule has 15 heavy (non-hydrogen) atoms. The van der Waals surface area contributed by atoms with E-state index in [1.807, 2.05) is 31.2 Å². The Morgan fingerprint density at radius 3 is 2.87 bits per heavy atom. The second-order valence-electron chi connectivity index (χ2n) is 3.50. The van der Waals surface area contributed by atoms with E-state index in [0.717, 1.165) is 27.5 Å². The van der Waals surface area contributed by atoms with Crippen LogP contribution in [0.4, 0.5) is 0 Å². The minimum Gasteiger partial charge on any atom is -0.353 e. The first-order valence-electron chi connectivity index (χ1n) is 4.66. The number of nitrogens with one attached hydrogen (secondary N) is 1. The summed E-state index contributed by atoms with van der Waals surface area (Å²) in [5.41, 5.74) is 2.90. The summed E-state index contributed by atoms with van der Waals surface area (Å²) in [5.74, 6) is 0. The lowest BCUT2D eigenvalue weighted by molar-refractivity contribution is 1.000. The zero-order valence-electron chi connectivity index (χ0n) is 8.08. The van der Waals surface area contributed by atoms with E-state index in [2.05, 4.69) is 15.2 Å². The van der Waals surface area contributed by atoms with Crippen LogP contribution in [0, 0.1) is 6.92 Å². The van der Waals surface area contributed by atoms with Crippen LogP contribution in [0.2, 0.25) is 5.15 Å². The molecule has 0 aliphatic rings. The van der Waals surface area contributed by atoms with Crippen molar-refractivity contribution in [1.29, 1.82) is 0 Å². The highest BCUT2D eigenvalue weighted by atomic mass is 35.5. The van der Waals surface area contributed by atoms with Gasteiger partial charge < -0.3 is 4.98 Å². The molecule has 0 saturated heterocycles. The number of benzene rings is 1. The average Bonchev–Trinajstić information content (AvgIpc) is 2.64. The average molecular weight is 218 g/mol. The first-order valence-corrected chi connectivity index (χ1v) is 5.04. The number of fused-ring (bicyclic) bond motifs is 3. The maximum absolute atomic E-state index is 6.06. The van der Waals surface area contributed by atoms with Gasteiger partial charge in [-0.3, -0.25) is 0 Å². The molecule has 0 fully saturated rings. The van der Waals surface area contributed by atoms with Crippen molar-refractivity contribution in [3.63, 3.8) is 0 Å². The lowest BCUT2D eigenvalue weighted by Crippen LogP contribution is -1.88. The molecule has 0 saturated carbocycles. The second kappa shape index (κ2) is 2.94. The molecule has 0 amide bonds. The molecule has 2 aromatic heterocycles. The van der Waals surface area contributed by atoms with Crippen LogP contribution in [-0.2, 0) is 0 Å². The number of nitrogens with zero attached hydrogens (tertiary/aromatic N) is 2. The van der Waals surface area contributed by atoms with Gasteiger partial charge in [0.05, 0.1) is 11.2 Å². The van der Waals surface area contributed by atoms with E-state index in [-0.39, 0.29) is 0 Å². The molecule has 0 spiro atoms. The molecule has 0 unspecified atom stereocenters. The number of para-hydroxylation sites is 1. The van der Waals surface area contributed by atoms with E-state index in [9.17, 15) is 0 Å². The van der Waals surface area contributed by atoms with Gasteiger partial charge in [-0.05, 0) is 13.0 Å². The zero-order chi connectivity index (χ0) is 10.4. The largest absolute Gasteiger partial charge is 0.353 e. The van der Waals surface area contributed by atoms with Crippen LogP contribution < -0.4 is 0 Å². The third-order valence-electron chi connectivity index (χ3n) is 2.56. The highest BCUT2D eigenvalue weighted by Crippen LogP contribution is 2.30. The van der Waals surface area contributed by atoms with Gasteiger partial charge in [0.15, 0.2) is 5.15 Å². The van der Waals surface area contributed by atoms with Crippen molar-refractivity contribution in [2.45, 2.75) is 6.92 Å². The molecule has 2 heterocycles. The van der Waals surface area contributed by atoms with Crippen LogP contribution in [0.25, 0.3) is 21.8 Å². The Bertz CT molecular complexity index is 657. The normalized spacial score (nSPS) is 11.3. The molecule has 1 N–H and O–H groups in total. The van der Waals surface area contributed by atoms with Crippen LogP contribution in [0.1, 0.15) is 5.69 Å². The van der Waals surface area contributed by atoms with E-state index in [1.54, 1.807) is 0 Å². The van der Waals surface area contributed by atoms with Gasteiger partial charge in [0, 0.05) is 16.3 Å². The first-order chi connectivity index (χ1) is 7.27. The standard InChI is InChI=1S/C11H8ClN3/c1-6-10-9(11(12)15-14-6)7-4-2-3-5-8(7)13-10/h2-5,13H,1H3. The predicted octanol–water partition coefficient (Wildman–Crippen LogP) is 3.07. The number of H-pyrrole nitrogens is 1. The van der Waals surface area contributed by atoms with Gasteiger partial charge >= 0.3 is 0 Å². The lowest BCUT2D eigenvalue weighted by atomic mass is 10.2. The monoisotopic (exact) mass is 217 g/mol. The predicted molar refractivity (Wildman–Crippen MR) is 61.1 cm³/mol. The Balaban J connectivity index is 2.66. The minimum atomic E-state index is 0.452. The van der Waals surface area contributed by atoms with Crippen molar-refractivity contribution >= 4 is 33.4 Å². The molecule has 0 atom stereocenters. The molecule has 4 heteroatoms. The molecular formula is C11H8ClN3. The summed E-state index contributed by atoms with van der Waals surface area (Å²) in [4.78, 5) is 3.30. The number of aromatic amines is 1. The molecule has 3 aromatic rings. The Hall–Kier alpha value is -1.61. The smallest absolute Gasteiger partial charge is 0.161 e. The summed E-state index contributed by atoms with van der Waals surface area (Å²) in [6.07, 6.45) is 0. The van der Waals surface area contributed by atoms with Crippen LogP contribution in [0.15, 0.2) is 24.3 Å². The van der Waals surface area contributed by atoms with Crippen molar-refractivity contribution in [2.75, 3.05) is 0 Å². The quantitative estimate of drug-likeness (QED) is 0.629. The van der Waals surface area contributed by atoms with Gasteiger partial charge in [0.25, 0.3) is 0 Å². The minimum absolute atomic E-state index is 0.452. The molecule has 0 radical (unpaired) electrons. The Morgan fingerprint density at radius 1 is 1.20 bits per heavy atom. The number of hydrogen-bond acceptors (Lipinski definition) is 2. The Kier molecular flexibility index (Phi) is 1.70. The van der Waals surface area contributed by atoms with Gasteiger partial charge in [-0.2, -0.15) is 5.10 Å². The lowest BCUT2D eigenvalue weighted by Gasteiger charge is -1.95. The summed E-state index contributed by atoms with van der Waals surface area (Å²) >= 11 is 6.06. The van der Waals surface area contributed by atoms with Gasteiger partial charge in [-0.15, -0.1) is 5.10 Å². The summed E-state index contributed by atoms with van der Waals surface area (Å²) in [5, 5.41) is 10.4. The summed E-state index contributed by atoms with van der Waals surface area (Å²) in [6, 6.07) is 8.02. The highest BCUT2D eigenvalue weighted by molar-refractivity contribution is 6.36.